The zero-order valence-electron chi connectivity index (χ0n) is 21.4. The van der Waals surface area contributed by atoms with Crippen LogP contribution in [-0.4, -0.2) is 58.4 Å². The second-order valence-corrected chi connectivity index (χ2v) is 10.6. The molecule has 0 saturated carbocycles. The quantitative estimate of drug-likeness (QED) is 0.293. The van der Waals surface area contributed by atoms with E-state index in [0.717, 1.165) is 50.2 Å². The fourth-order valence-corrected chi connectivity index (χ4v) is 5.43. The Kier molecular flexibility index (Phi) is 9.77. The maximum atomic E-state index is 11.6. The Balaban J connectivity index is 1.19. The number of imidazole rings is 1. The number of nitrogens with two attached hydrogens (primary N) is 1. The average molecular weight is 561 g/mol. The van der Waals surface area contributed by atoms with E-state index in [-0.39, 0.29) is 6.03 Å². The maximum absolute atomic E-state index is 11.6. The highest BCUT2D eigenvalue weighted by molar-refractivity contribution is 6.35. The van der Waals surface area contributed by atoms with Gasteiger partial charge < -0.3 is 29.9 Å². The number of rotatable bonds is 12. The number of hydrogen-bond donors (Lipinski definition) is 2. The number of urea groups is 1. The molecule has 38 heavy (non-hydrogen) atoms. The summed E-state index contributed by atoms with van der Waals surface area (Å²) in [6.45, 7) is 3.82. The monoisotopic (exact) mass is 559 g/mol. The number of amides is 2. The summed E-state index contributed by atoms with van der Waals surface area (Å²) < 4.78 is 7.80. The third-order valence-electron chi connectivity index (χ3n) is 6.98. The van der Waals surface area contributed by atoms with E-state index in [4.69, 9.17) is 33.7 Å². The number of aromatic nitrogens is 2. The predicted molar refractivity (Wildman–Crippen MR) is 151 cm³/mol. The summed E-state index contributed by atoms with van der Waals surface area (Å²) in [7, 11) is 0. The summed E-state index contributed by atoms with van der Waals surface area (Å²) in [4.78, 5) is 19.3. The first-order valence-corrected chi connectivity index (χ1v) is 13.8. The van der Waals surface area contributed by atoms with Gasteiger partial charge in [0, 0.05) is 59.9 Å². The molecule has 1 fully saturated rings. The highest BCUT2D eigenvalue weighted by Gasteiger charge is 2.31. The van der Waals surface area contributed by atoms with Crippen LogP contribution in [-0.2, 0) is 12.1 Å². The van der Waals surface area contributed by atoms with Crippen molar-refractivity contribution in [1.29, 1.82) is 0 Å². The lowest BCUT2D eigenvalue weighted by Crippen LogP contribution is -2.50. The van der Waals surface area contributed by atoms with Crippen LogP contribution in [0, 0.1) is 0 Å². The second kappa shape index (κ2) is 13.2. The summed E-state index contributed by atoms with van der Waals surface area (Å²) in [5, 5.41) is 12.6. The molecule has 0 bridgehead atoms. The van der Waals surface area contributed by atoms with Gasteiger partial charge in [0.05, 0.1) is 19.5 Å². The van der Waals surface area contributed by atoms with Crippen molar-refractivity contribution in [3.8, 4) is 5.75 Å². The smallest absolute Gasteiger partial charge is 0.314 e. The molecule has 2 amide bonds. The van der Waals surface area contributed by atoms with E-state index < -0.39 is 5.60 Å². The third kappa shape index (κ3) is 7.56. The molecule has 4 rings (SSSR count). The molecule has 0 radical (unpaired) electrons. The number of carbonyl (C=O) groups is 1. The minimum absolute atomic E-state index is 0.357. The number of ether oxygens (including phenoxy) is 1. The summed E-state index contributed by atoms with van der Waals surface area (Å²) in [5.41, 5.74) is 6.04. The molecule has 1 aliphatic rings. The third-order valence-corrected chi connectivity index (χ3v) is 7.53. The van der Waals surface area contributed by atoms with Crippen LogP contribution in [0.15, 0.2) is 61.2 Å². The van der Waals surface area contributed by atoms with E-state index in [2.05, 4.69) is 22.0 Å². The zero-order chi connectivity index (χ0) is 27.0. The minimum Gasteiger partial charge on any atom is -0.494 e. The molecule has 1 aromatic heterocycles. The van der Waals surface area contributed by atoms with Gasteiger partial charge in [-0.05, 0) is 49.2 Å². The Morgan fingerprint density at radius 3 is 2.42 bits per heavy atom. The van der Waals surface area contributed by atoms with E-state index >= 15 is 0 Å². The predicted octanol–water partition coefficient (Wildman–Crippen LogP) is 5.31. The first kappa shape index (κ1) is 28.1. The molecule has 8 nitrogen and oxygen atoms in total. The molecule has 3 aromatic rings. The van der Waals surface area contributed by atoms with E-state index in [9.17, 15) is 9.90 Å². The minimum atomic E-state index is -1.12. The number of anilines is 1. The number of primary amides is 1. The SMILES string of the molecule is NC(=O)N1CCN(c2ccc(OCCCCCCC(O)(Cn3ccnc3)c3ccc(Cl)cc3Cl)cc2)CC1. The fraction of sp³-hybridized carbons (Fsp3) is 0.429. The van der Waals surface area contributed by atoms with E-state index in [1.54, 1.807) is 29.6 Å². The molecule has 204 valence electrons. The lowest BCUT2D eigenvalue weighted by atomic mass is 9.87. The standard InChI is InChI=1S/C28H35Cl2N5O3/c29-22-5-10-25(26(30)19-22)28(37,20-33-13-12-32-21-33)11-3-1-2-4-18-38-24-8-6-23(7-9-24)34-14-16-35(17-15-34)27(31)36/h5-10,12-13,19,21,37H,1-4,11,14-18,20H2,(H2,31,36). The van der Waals surface area contributed by atoms with Crippen molar-refractivity contribution in [3.63, 3.8) is 0 Å². The Morgan fingerprint density at radius 2 is 1.76 bits per heavy atom. The Hall–Kier alpha value is -2.94. The highest BCUT2D eigenvalue weighted by atomic mass is 35.5. The van der Waals surface area contributed by atoms with E-state index in [1.165, 1.54) is 0 Å². The van der Waals surface area contributed by atoms with Crippen LogP contribution in [0.1, 0.15) is 37.7 Å². The molecular weight excluding hydrogens is 525 g/mol. The number of benzene rings is 2. The van der Waals surface area contributed by atoms with Crippen LogP contribution in [0.2, 0.25) is 10.0 Å². The van der Waals surface area contributed by atoms with Crippen molar-refractivity contribution in [3.05, 3.63) is 76.8 Å². The topological polar surface area (TPSA) is 96.9 Å². The van der Waals surface area contributed by atoms with Gasteiger partial charge in [0.25, 0.3) is 0 Å². The van der Waals surface area contributed by atoms with Crippen molar-refractivity contribution in [2.75, 3.05) is 37.7 Å². The van der Waals surface area contributed by atoms with Crippen molar-refractivity contribution >= 4 is 34.9 Å². The number of carbonyl (C=O) groups excluding carboxylic acids is 1. The van der Waals surface area contributed by atoms with Gasteiger partial charge in [0.2, 0.25) is 0 Å². The average Bonchev–Trinajstić information content (AvgIpc) is 3.41. The van der Waals surface area contributed by atoms with E-state index in [0.29, 0.717) is 48.3 Å². The Morgan fingerprint density at radius 1 is 1.03 bits per heavy atom. The summed E-state index contributed by atoms with van der Waals surface area (Å²) in [6.07, 6.45) is 9.55. The zero-order valence-corrected chi connectivity index (χ0v) is 22.9. The molecule has 1 unspecified atom stereocenters. The number of aliphatic hydroxyl groups is 1. The molecule has 0 spiro atoms. The number of unbranched alkanes of at least 4 members (excludes halogenated alkanes) is 3. The lowest BCUT2D eigenvalue weighted by molar-refractivity contribution is 0.00711. The molecule has 1 saturated heterocycles. The molecule has 10 heteroatoms. The summed E-state index contributed by atoms with van der Waals surface area (Å²) in [6, 6.07) is 13.0. The van der Waals surface area contributed by atoms with Gasteiger partial charge in [-0.25, -0.2) is 9.78 Å². The molecular formula is C28H35Cl2N5O3. The van der Waals surface area contributed by atoms with Crippen molar-refractivity contribution < 1.29 is 14.6 Å². The Labute approximate surface area is 233 Å². The first-order chi connectivity index (χ1) is 18.3. The molecule has 2 aromatic carbocycles. The van der Waals surface area contributed by atoms with Crippen molar-refractivity contribution in [1.82, 2.24) is 14.5 Å². The number of piperazine rings is 1. The number of nitrogens with zero attached hydrogens (tertiary/aromatic N) is 4. The summed E-state index contributed by atoms with van der Waals surface area (Å²) >= 11 is 12.5. The summed E-state index contributed by atoms with van der Waals surface area (Å²) in [5.74, 6) is 0.844. The van der Waals surface area contributed by atoms with Crippen LogP contribution in [0.25, 0.3) is 0 Å². The second-order valence-electron chi connectivity index (χ2n) is 9.71. The van der Waals surface area contributed by atoms with Gasteiger partial charge in [-0.15, -0.1) is 0 Å². The largest absolute Gasteiger partial charge is 0.494 e. The number of halogens is 2. The molecule has 1 aliphatic heterocycles. The van der Waals surface area contributed by atoms with Crippen LogP contribution in [0.4, 0.5) is 10.5 Å². The van der Waals surface area contributed by atoms with E-state index in [1.807, 2.05) is 29.0 Å². The number of hydrogen-bond acceptors (Lipinski definition) is 5. The van der Waals surface area contributed by atoms with Crippen LogP contribution < -0.4 is 15.4 Å². The first-order valence-electron chi connectivity index (χ1n) is 13.0. The lowest BCUT2D eigenvalue weighted by Gasteiger charge is -2.35. The van der Waals surface area contributed by atoms with Gasteiger partial charge in [-0.3, -0.25) is 0 Å². The van der Waals surface area contributed by atoms with Crippen molar-refractivity contribution in [2.45, 2.75) is 44.2 Å². The van der Waals surface area contributed by atoms with Crippen LogP contribution in [0.5, 0.6) is 5.75 Å². The van der Waals surface area contributed by atoms with Crippen LogP contribution in [0.3, 0.4) is 0 Å². The fourth-order valence-electron chi connectivity index (χ4n) is 4.85. The maximum Gasteiger partial charge on any atom is 0.314 e. The Bertz CT molecular complexity index is 1170. The van der Waals surface area contributed by atoms with Gasteiger partial charge in [-0.2, -0.15) is 0 Å². The molecule has 2 heterocycles. The van der Waals surface area contributed by atoms with Gasteiger partial charge in [-0.1, -0.05) is 48.5 Å². The van der Waals surface area contributed by atoms with Gasteiger partial charge in [0.1, 0.15) is 11.4 Å². The molecule has 1 atom stereocenters. The molecule has 0 aliphatic carbocycles. The highest BCUT2D eigenvalue weighted by Crippen LogP contribution is 2.36. The molecule has 3 N–H and O–H groups in total. The van der Waals surface area contributed by atoms with Gasteiger partial charge >= 0.3 is 6.03 Å². The van der Waals surface area contributed by atoms with Gasteiger partial charge in [0.15, 0.2) is 0 Å². The van der Waals surface area contributed by atoms with Crippen molar-refractivity contribution in [2.24, 2.45) is 5.73 Å². The normalized spacial score (nSPS) is 15.3. The van der Waals surface area contributed by atoms with Crippen LogP contribution >= 0.6 is 23.2 Å².